The fourth-order valence-electron chi connectivity index (χ4n) is 5.33. The first-order valence-electron chi connectivity index (χ1n) is 13.8. The van der Waals surface area contributed by atoms with Crippen molar-refractivity contribution in [1.82, 2.24) is 9.78 Å². The van der Waals surface area contributed by atoms with Crippen LogP contribution < -0.4 is 9.64 Å². The van der Waals surface area contributed by atoms with Crippen LogP contribution in [0.15, 0.2) is 48.8 Å². The smallest absolute Gasteiger partial charge is 0.341 e. The second-order valence-electron chi connectivity index (χ2n) is 10.4. The number of hydrogen-bond acceptors (Lipinski definition) is 4. The third kappa shape index (κ3) is 5.84. The van der Waals surface area contributed by atoms with E-state index in [0.29, 0.717) is 38.0 Å². The summed E-state index contributed by atoms with van der Waals surface area (Å²) in [5.74, 6) is -8.89. The summed E-state index contributed by atoms with van der Waals surface area (Å²) < 4.78 is 64.4. The van der Waals surface area contributed by atoms with Crippen molar-refractivity contribution in [1.29, 1.82) is 0 Å². The maximum atomic E-state index is 14.5. The molecular weight excluding hydrogens is 566 g/mol. The van der Waals surface area contributed by atoms with Gasteiger partial charge in [0.25, 0.3) is 0 Å². The Hall–Kier alpha value is -4.67. The van der Waals surface area contributed by atoms with Gasteiger partial charge in [-0.25, -0.2) is 22.4 Å². The Morgan fingerprint density at radius 1 is 1.00 bits per heavy atom. The summed E-state index contributed by atoms with van der Waals surface area (Å²) in [6, 6.07) is 11.4. The van der Waals surface area contributed by atoms with Crippen LogP contribution in [-0.2, 0) is 17.8 Å². The summed E-state index contributed by atoms with van der Waals surface area (Å²) in [7, 11) is 0. The Labute approximate surface area is 245 Å². The van der Waals surface area contributed by atoms with E-state index < -0.39 is 46.9 Å². The number of rotatable bonds is 9. The van der Waals surface area contributed by atoms with Crippen LogP contribution in [-0.4, -0.2) is 39.9 Å². The second-order valence-corrected chi connectivity index (χ2v) is 10.4. The fraction of sp³-hybridized carbons (Fsp3) is 0.281. The number of hydrogen-bond donors (Lipinski definition) is 1. The molecule has 5 rings (SSSR count). The number of benzene rings is 3. The molecule has 224 valence electrons. The number of amides is 1. The Bertz CT molecular complexity index is 1690. The van der Waals surface area contributed by atoms with Crippen LogP contribution >= 0.6 is 0 Å². The van der Waals surface area contributed by atoms with E-state index in [4.69, 9.17) is 9.84 Å². The molecule has 1 amide bonds. The summed E-state index contributed by atoms with van der Waals surface area (Å²) >= 11 is 0. The zero-order valence-electron chi connectivity index (χ0n) is 23.6. The molecule has 1 aromatic heterocycles. The molecule has 0 unspecified atom stereocenters. The molecule has 0 radical (unpaired) electrons. The normalized spacial score (nSPS) is 12.7. The predicted molar refractivity (Wildman–Crippen MR) is 151 cm³/mol. The fourth-order valence-corrected chi connectivity index (χ4v) is 5.33. The van der Waals surface area contributed by atoms with E-state index in [1.54, 1.807) is 11.0 Å². The summed E-state index contributed by atoms with van der Waals surface area (Å²) in [6.07, 6.45) is 5.19. The number of ether oxygens (including phenoxy) is 1. The van der Waals surface area contributed by atoms with Crippen LogP contribution in [0.1, 0.15) is 51.9 Å². The van der Waals surface area contributed by atoms with Crippen molar-refractivity contribution >= 4 is 17.6 Å². The molecule has 1 aliphatic heterocycles. The molecule has 4 aromatic rings. The van der Waals surface area contributed by atoms with Gasteiger partial charge in [0.05, 0.1) is 24.9 Å². The summed E-state index contributed by atoms with van der Waals surface area (Å²) in [6.45, 7) is 4.31. The lowest BCUT2D eigenvalue weighted by atomic mass is 9.93. The minimum atomic E-state index is -2.12. The van der Waals surface area contributed by atoms with Gasteiger partial charge in [-0.2, -0.15) is 5.10 Å². The highest BCUT2D eigenvalue weighted by atomic mass is 19.2. The zero-order valence-corrected chi connectivity index (χ0v) is 23.6. The average molecular weight is 596 g/mol. The third-order valence-corrected chi connectivity index (χ3v) is 7.73. The molecule has 1 N–H and O–H groups in total. The molecule has 0 spiro atoms. The number of aryl methyl sites for hydroxylation is 1. The number of fused-ring (bicyclic) bond motifs is 1. The molecule has 1 aliphatic rings. The van der Waals surface area contributed by atoms with Gasteiger partial charge in [-0.05, 0) is 67.5 Å². The van der Waals surface area contributed by atoms with Gasteiger partial charge in [-0.3, -0.25) is 9.48 Å². The van der Waals surface area contributed by atoms with E-state index in [0.717, 1.165) is 44.8 Å². The average Bonchev–Trinajstić information content (AvgIpc) is 3.46. The SMILES string of the molecule is Cc1cccc(OCCCC(=O)N2CCCc3c(-c4cnn(Cc5c(F)c(F)c(C(=O)O)c(F)c5F)c4)cccc32)c1C. The highest BCUT2D eigenvalue weighted by Gasteiger charge is 2.30. The summed E-state index contributed by atoms with van der Waals surface area (Å²) in [5, 5.41) is 13.0. The first-order valence-corrected chi connectivity index (χ1v) is 13.8. The van der Waals surface area contributed by atoms with E-state index in [1.807, 2.05) is 44.2 Å². The number of halogens is 4. The Morgan fingerprint density at radius 3 is 2.44 bits per heavy atom. The van der Waals surface area contributed by atoms with Gasteiger partial charge >= 0.3 is 5.97 Å². The maximum absolute atomic E-state index is 14.5. The third-order valence-electron chi connectivity index (χ3n) is 7.73. The standard InChI is InChI=1S/C32H29F4N3O4/c1-18-7-3-11-25(19(18)2)43-14-6-12-26(40)39-13-5-9-22-21(8-4-10-24(22)39)20-15-37-38(16-20)17-23-28(33)30(35)27(32(41)42)31(36)29(23)34/h3-4,7-8,10-11,15-16H,5-6,9,12-14,17H2,1-2H3,(H,41,42). The van der Waals surface area contributed by atoms with Crippen molar-refractivity contribution in [2.24, 2.45) is 0 Å². The van der Waals surface area contributed by atoms with Gasteiger partial charge in [0.1, 0.15) is 11.3 Å². The number of anilines is 1. The van der Waals surface area contributed by atoms with Crippen LogP contribution in [0, 0.1) is 37.1 Å². The Morgan fingerprint density at radius 2 is 1.72 bits per heavy atom. The topological polar surface area (TPSA) is 84.7 Å². The van der Waals surface area contributed by atoms with Gasteiger partial charge in [0.2, 0.25) is 5.91 Å². The van der Waals surface area contributed by atoms with E-state index in [2.05, 4.69) is 5.10 Å². The van der Waals surface area contributed by atoms with Crippen LogP contribution in [0.4, 0.5) is 23.2 Å². The molecule has 0 aliphatic carbocycles. The zero-order chi connectivity index (χ0) is 30.8. The van der Waals surface area contributed by atoms with Gasteiger partial charge in [-0.15, -0.1) is 0 Å². The lowest BCUT2D eigenvalue weighted by molar-refractivity contribution is -0.118. The first kappa shape index (κ1) is 29.8. The van der Waals surface area contributed by atoms with Crippen molar-refractivity contribution in [3.05, 3.63) is 99.9 Å². The molecule has 0 bridgehead atoms. The van der Waals surface area contributed by atoms with Crippen LogP contribution in [0.25, 0.3) is 11.1 Å². The lowest BCUT2D eigenvalue weighted by Crippen LogP contribution is -2.35. The molecule has 2 heterocycles. The molecule has 0 saturated heterocycles. The van der Waals surface area contributed by atoms with E-state index in [-0.39, 0.29) is 5.91 Å². The minimum absolute atomic E-state index is 0.0295. The number of carboxylic acids is 1. The van der Waals surface area contributed by atoms with Gasteiger partial charge in [-0.1, -0.05) is 24.3 Å². The second kappa shape index (κ2) is 12.3. The Kier molecular flexibility index (Phi) is 8.52. The molecular formula is C32H29F4N3O4. The van der Waals surface area contributed by atoms with Crippen molar-refractivity contribution in [2.75, 3.05) is 18.1 Å². The molecule has 3 aromatic carbocycles. The van der Waals surface area contributed by atoms with E-state index in [9.17, 15) is 27.2 Å². The summed E-state index contributed by atoms with van der Waals surface area (Å²) in [5.41, 5.74) is 2.55. The van der Waals surface area contributed by atoms with E-state index >= 15 is 0 Å². The lowest BCUT2D eigenvalue weighted by Gasteiger charge is -2.31. The van der Waals surface area contributed by atoms with Crippen molar-refractivity contribution in [2.45, 2.75) is 46.1 Å². The van der Waals surface area contributed by atoms with E-state index in [1.165, 1.54) is 12.4 Å². The number of carboxylic acid groups (broad SMARTS) is 1. The molecule has 0 atom stereocenters. The van der Waals surface area contributed by atoms with Crippen molar-refractivity contribution < 1.29 is 37.0 Å². The largest absolute Gasteiger partial charge is 0.493 e. The quantitative estimate of drug-likeness (QED) is 0.134. The van der Waals surface area contributed by atoms with Crippen molar-refractivity contribution in [3.63, 3.8) is 0 Å². The van der Waals surface area contributed by atoms with Gasteiger partial charge < -0.3 is 14.7 Å². The maximum Gasteiger partial charge on any atom is 0.341 e. The number of nitrogens with zero attached hydrogens (tertiary/aromatic N) is 3. The van der Waals surface area contributed by atoms with Crippen LogP contribution in [0.3, 0.4) is 0 Å². The van der Waals surface area contributed by atoms with Gasteiger partial charge in [0, 0.05) is 30.4 Å². The predicted octanol–water partition coefficient (Wildman–Crippen LogP) is 6.61. The number of aromatic carboxylic acids is 1. The van der Waals surface area contributed by atoms with Crippen LogP contribution in [0.2, 0.25) is 0 Å². The number of carbonyl (C=O) groups is 2. The van der Waals surface area contributed by atoms with Crippen LogP contribution in [0.5, 0.6) is 5.75 Å². The summed E-state index contributed by atoms with van der Waals surface area (Å²) in [4.78, 5) is 26.0. The van der Waals surface area contributed by atoms with Gasteiger partial charge in [0.15, 0.2) is 23.3 Å². The molecule has 43 heavy (non-hydrogen) atoms. The number of aromatic nitrogens is 2. The Balaban J connectivity index is 1.31. The molecule has 7 nitrogen and oxygen atoms in total. The minimum Gasteiger partial charge on any atom is -0.493 e. The highest BCUT2D eigenvalue weighted by molar-refractivity contribution is 5.96. The molecule has 0 saturated carbocycles. The van der Waals surface area contributed by atoms with Crippen molar-refractivity contribution in [3.8, 4) is 16.9 Å². The monoisotopic (exact) mass is 595 g/mol. The first-order chi connectivity index (χ1) is 20.6. The molecule has 11 heteroatoms. The molecule has 0 fully saturated rings. The number of carbonyl (C=O) groups excluding carboxylic acids is 1. The highest BCUT2D eigenvalue weighted by Crippen LogP contribution is 2.36.